The van der Waals surface area contributed by atoms with Crippen LogP contribution >= 0.6 is 11.3 Å². The summed E-state index contributed by atoms with van der Waals surface area (Å²) < 4.78 is 1.20. The third-order valence-electron chi connectivity index (χ3n) is 3.23. The minimum atomic E-state index is 0.176. The van der Waals surface area contributed by atoms with Crippen molar-refractivity contribution < 1.29 is 5.11 Å². The molecular formula is C16H15NOS. The van der Waals surface area contributed by atoms with Crippen LogP contribution in [-0.4, -0.2) is 16.7 Å². The van der Waals surface area contributed by atoms with Crippen LogP contribution in [0.5, 0.6) is 0 Å². The van der Waals surface area contributed by atoms with Crippen LogP contribution in [0.25, 0.3) is 10.2 Å². The van der Waals surface area contributed by atoms with Crippen LogP contribution in [0.4, 0.5) is 0 Å². The molecule has 3 aromatic rings. The maximum absolute atomic E-state index is 9.31. The van der Waals surface area contributed by atoms with Gasteiger partial charge in [-0.1, -0.05) is 42.5 Å². The predicted molar refractivity (Wildman–Crippen MR) is 79.6 cm³/mol. The van der Waals surface area contributed by atoms with Crippen LogP contribution in [0.3, 0.4) is 0 Å². The highest BCUT2D eigenvalue weighted by molar-refractivity contribution is 7.18. The van der Waals surface area contributed by atoms with Gasteiger partial charge in [-0.25, -0.2) is 4.98 Å². The van der Waals surface area contributed by atoms with Gasteiger partial charge < -0.3 is 5.11 Å². The van der Waals surface area contributed by atoms with Gasteiger partial charge in [-0.2, -0.15) is 0 Å². The van der Waals surface area contributed by atoms with Crippen molar-refractivity contribution in [1.82, 2.24) is 4.98 Å². The highest BCUT2D eigenvalue weighted by Gasteiger charge is 2.17. The van der Waals surface area contributed by atoms with Gasteiger partial charge in [0.25, 0.3) is 0 Å². The molecule has 96 valence electrons. The third kappa shape index (κ3) is 2.53. The number of aromatic nitrogens is 1. The fourth-order valence-corrected chi connectivity index (χ4v) is 3.42. The lowest BCUT2D eigenvalue weighted by Crippen LogP contribution is -2.03. The second kappa shape index (κ2) is 5.51. The van der Waals surface area contributed by atoms with Gasteiger partial charge in [0.15, 0.2) is 0 Å². The maximum atomic E-state index is 9.31. The Morgan fingerprint density at radius 2 is 1.74 bits per heavy atom. The van der Waals surface area contributed by atoms with Crippen molar-refractivity contribution in [2.45, 2.75) is 12.3 Å². The van der Waals surface area contributed by atoms with Gasteiger partial charge in [0.05, 0.1) is 10.2 Å². The molecule has 1 N–H and O–H groups in total. The van der Waals surface area contributed by atoms with Crippen LogP contribution in [0.2, 0.25) is 0 Å². The molecule has 0 bridgehead atoms. The number of rotatable bonds is 4. The van der Waals surface area contributed by atoms with Crippen molar-refractivity contribution in [1.29, 1.82) is 0 Å². The minimum absolute atomic E-state index is 0.176. The Hall–Kier alpha value is -1.71. The molecule has 1 heterocycles. The number of benzene rings is 2. The van der Waals surface area contributed by atoms with Gasteiger partial charge in [-0.15, -0.1) is 11.3 Å². The molecule has 1 unspecified atom stereocenters. The lowest BCUT2D eigenvalue weighted by atomic mass is 9.97. The number of thiazole rings is 1. The molecule has 0 aliphatic rings. The molecule has 19 heavy (non-hydrogen) atoms. The molecule has 0 aliphatic heterocycles. The van der Waals surface area contributed by atoms with E-state index in [9.17, 15) is 5.11 Å². The number of aliphatic hydroxyl groups excluding tert-OH is 1. The van der Waals surface area contributed by atoms with Crippen LogP contribution < -0.4 is 0 Å². The summed E-state index contributed by atoms with van der Waals surface area (Å²) in [6.07, 6.45) is 0.712. The Morgan fingerprint density at radius 3 is 2.47 bits per heavy atom. The lowest BCUT2D eigenvalue weighted by Gasteiger charge is -2.13. The van der Waals surface area contributed by atoms with Crippen molar-refractivity contribution in [3.63, 3.8) is 0 Å². The molecule has 0 radical (unpaired) electrons. The van der Waals surface area contributed by atoms with E-state index in [0.29, 0.717) is 6.42 Å². The van der Waals surface area contributed by atoms with E-state index in [0.717, 1.165) is 10.5 Å². The van der Waals surface area contributed by atoms with Gasteiger partial charge in [0.2, 0.25) is 0 Å². The van der Waals surface area contributed by atoms with E-state index in [1.54, 1.807) is 11.3 Å². The van der Waals surface area contributed by atoms with E-state index in [1.807, 2.05) is 36.4 Å². The van der Waals surface area contributed by atoms with Crippen LogP contribution in [-0.2, 0) is 0 Å². The third-order valence-corrected chi connectivity index (χ3v) is 4.38. The van der Waals surface area contributed by atoms with E-state index in [4.69, 9.17) is 4.98 Å². The number of hydrogen-bond acceptors (Lipinski definition) is 3. The second-order valence-corrected chi connectivity index (χ2v) is 5.56. The Bertz CT molecular complexity index is 630. The molecule has 0 fully saturated rings. The minimum Gasteiger partial charge on any atom is -0.396 e. The van der Waals surface area contributed by atoms with Crippen LogP contribution in [0, 0.1) is 0 Å². The largest absolute Gasteiger partial charge is 0.396 e. The van der Waals surface area contributed by atoms with Gasteiger partial charge in [-0.3, -0.25) is 0 Å². The zero-order valence-corrected chi connectivity index (χ0v) is 11.3. The summed E-state index contributed by atoms with van der Waals surface area (Å²) in [4.78, 5) is 4.72. The topological polar surface area (TPSA) is 33.1 Å². The normalized spacial score (nSPS) is 12.7. The molecule has 0 amide bonds. The number of fused-ring (bicyclic) bond motifs is 1. The van der Waals surface area contributed by atoms with Crippen molar-refractivity contribution in [2.24, 2.45) is 0 Å². The van der Waals surface area contributed by atoms with Crippen LogP contribution in [0.15, 0.2) is 54.6 Å². The summed E-state index contributed by atoms with van der Waals surface area (Å²) in [6.45, 7) is 0.176. The Morgan fingerprint density at radius 1 is 1.00 bits per heavy atom. The van der Waals surface area contributed by atoms with E-state index < -0.39 is 0 Å². The molecule has 3 heteroatoms. The van der Waals surface area contributed by atoms with Crippen molar-refractivity contribution >= 4 is 21.6 Å². The van der Waals surface area contributed by atoms with Crippen molar-refractivity contribution in [2.75, 3.05) is 6.61 Å². The van der Waals surface area contributed by atoms with Gasteiger partial charge in [-0.05, 0) is 24.1 Å². The fraction of sp³-hybridized carbons (Fsp3) is 0.188. The highest BCUT2D eigenvalue weighted by atomic mass is 32.1. The summed E-state index contributed by atoms with van der Waals surface area (Å²) in [5.41, 5.74) is 2.26. The molecule has 0 spiro atoms. The van der Waals surface area contributed by atoms with Crippen molar-refractivity contribution in [3.05, 3.63) is 65.2 Å². The Balaban J connectivity index is 2.04. The summed E-state index contributed by atoms with van der Waals surface area (Å²) in [5, 5.41) is 10.4. The van der Waals surface area contributed by atoms with Crippen LogP contribution in [0.1, 0.15) is 22.9 Å². The van der Waals surface area contributed by atoms with E-state index in [1.165, 1.54) is 10.3 Å². The molecule has 1 atom stereocenters. The van der Waals surface area contributed by atoms with Gasteiger partial charge in [0, 0.05) is 12.5 Å². The summed E-state index contributed by atoms with van der Waals surface area (Å²) in [5.74, 6) is 0.184. The molecule has 2 nitrogen and oxygen atoms in total. The van der Waals surface area contributed by atoms with E-state index in [2.05, 4.69) is 18.2 Å². The summed E-state index contributed by atoms with van der Waals surface area (Å²) in [6, 6.07) is 18.5. The molecule has 0 saturated carbocycles. The highest BCUT2D eigenvalue weighted by Crippen LogP contribution is 2.33. The average Bonchev–Trinajstić information content (AvgIpc) is 2.89. The first-order chi connectivity index (χ1) is 9.38. The first kappa shape index (κ1) is 12.3. The monoisotopic (exact) mass is 269 g/mol. The first-order valence-electron chi connectivity index (χ1n) is 6.40. The van der Waals surface area contributed by atoms with Gasteiger partial charge in [0.1, 0.15) is 5.01 Å². The van der Waals surface area contributed by atoms with Crippen molar-refractivity contribution in [3.8, 4) is 0 Å². The number of aliphatic hydroxyl groups is 1. The summed E-state index contributed by atoms with van der Waals surface area (Å²) >= 11 is 1.72. The molecule has 0 saturated heterocycles. The van der Waals surface area contributed by atoms with E-state index in [-0.39, 0.29) is 12.5 Å². The number of hydrogen-bond donors (Lipinski definition) is 1. The maximum Gasteiger partial charge on any atom is 0.101 e. The van der Waals surface area contributed by atoms with Gasteiger partial charge >= 0.3 is 0 Å². The average molecular weight is 269 g/mol. The molecule has 2 aromatic carbocycles. The zero-order chi connectivity index (χ0) is 13.1. The smallest absolute Gasteiger partial charge is 0.101 e. The molecule has 1 aromatic heterocycles. The summed E-state index contributed by atoms with van der Waals surface area (Å²) in [7, 11) is 0. The zero-order valence-electron chi connectivity index (χ0n) is 10.5. The standard InChI is InChI=1S/C16H15NOS/c18-11-10-13(12-6-2-1-3-7-12)16-17-14-8-4-5-9-15(14)19-16/h1-9,13,18H,10-11H2. The second-order valence-electron chi connectivity index (χ2n) is 4.50. The Kier molecular flexibility index (Phi) is 3.58. The lowest BCUT2D eigenvalue weighted by molar-refractivity contribution is 0.281. The Labute approximate surface area is 116 Å². The fourth-order valence-electron chi connectivity index (χ4n) is 2.29. The first-order valence-corrected chi connectivity index (χ1v) is 7.21. The molecule has 0 aliphatic carbocycles. The SMILES string of the molecule is OCCC(c1ccccc1)c1nc2ccccc2s1. The number of nitrogens with zero attached hydrogens (tertiary/aromatic N) is 1. The molecule has 3 rings (SSSR count). The molecular weight excluding hydrogens is 254 g/mol. The predicted octanol–water partition coefficient (Wildman–Crippen LogP) is 3.81. The van der Waals surface area contributed by atoms with E-state index >= 15 is 0 Å². The quantitative estimate of drug-likeness (QED) is 0.781. The number of para-hydroxylation sites is 1.